The molecule has 0 aliphatic heterocycles. The van der Waals surface area contributed by atoms with E-state index in [4.69, 9.17) is 5.73 Å². The highest BCUT2D eigenvalue weighted by Gasteiger charge is 2.12. The van der Waals surface area contributed by atoms with E-state index < -0.39 is 0 Å². The SMILES string of the molecule is Cc1nccn1[C@@H](C)CC(=O)NCCc1nc(N)cc(=O)[nH]1. The number of carbonyl (C=O) groups excluding carboxylic acids is 1. The van der Waals surface area contributed by atoms with Gasteiger partial charge >= 0.3 is 0 Å². The molecule has 0 aliphatic carbocycles. The fourth-order valence-corrected chi connectivity index (χ4v) is 2.26. The lowest BCUT2D eigenvalue weighted by Gasteiger charge is -2.14. The highest BCUT2D eigenvalue weighted by Crippen LogP contribution is 2.12. The molecule has 0 unspecified atom stereocenters. The van der Waals surface area contributed by atoms with E-state index in [1.54, 1.807) is 6.20 Å². The Bertz CT molecular complexity index is 705. The Labute approximate surface area is 127 Å². The third-order valence-electron chi connectivity index (χ3n) is 3.31. The van der Waals surface area contributed by atoms with E-state index in [0.717, 1.165) is 5.82 Å². The molecule has 2 aromatic rings. The third kappa shape index (κ3) is 4.18. The molecule has 2 rings (SSSR count). The number of nitrogen functional groups attached to an aromatic ring is 1. The largest absolute Gasteiger partial charge is 0.383 e. The third-order valence-corrected chi connectivity index (χ3v) is 3.31. The zero-order valence-corrected chi connectivity index (χ0v) is 12.7. The second-order valence-corrected chi connectivity index (χ2v) is 5.15. The fourth-order valence-electron chi connectivity index (χ4n) is 2.26. The lowest BCUT2D eigenvalue weighted by atomic mass is 10.2. The molecule has 0 fully saturated rings. The van der Waals surface area contributed by atoms with Crippen molar-refractivity contribution in [3.63, 3.8) is 0 Å². The van der Waals surface area contributed by atoms with E-state index in [1.165, 1.54) is 6.07 Å². The van der Waals surface area contributed by atoms with E-state index in [-0.39, 0.29) is 23.3 Å². The van der Waals surface area contributed by atoms with Gasteiger partial charge in [-0.2, -0.15) is 0 Å². The molecular formula is C14H20N6O2. The maximum absolute atomic E-state index is 11.9. The topological polar surface area (TPSA) is 119 Å². The second kappa shape index (κ2) is 6.88. The number of anilines is 1. The minimum atomic E-state index is -0.293. The maximum atomic E-state index is 11.9. The van der Waals surface area contributed by atoms with Crippen LogP contribution in [0.5, 0.6) is 0 Å². The van der Waals surface area contributed by atoms with E-state index in [2.05, 4.69) is 20.3 Å². The van der Waals surface area contributed by atoms with Crippen LogP contribution in [0.3, 0.4) is 0 Å². The van der Waals surface area contributed by atoms with Crippen molar-refractivity contribution in [1.82, 2.24) is 24.8 Å². The van der Waals surface area contributed by atoms with Crippen LogP contribution in [0.2, 0.25) is 0 Å². The number of aryl methyl sites for hydroxylation is 1. The first-order valence-electron chi connectivity index (χ1n) is 7.07. The lowest BCUT2D eigenvalue weighted by Crippen LogP contribution is -2.28. The average molecular weight is 304 g/mol. The van der Waals surface area contributed by atoms with Crippen LogP contribution in [0.4, 0.5) is 5.82 Å². The molecule has 2 heterocycles. The smallest absolute Gasteiger partial charge is 0.252 e. The highest BCUT2D eigenvalue weighted by atomic mass is 16.1. The van der Waals surface area contributed by atoms with Gasteiger partial charge in [-0.05, 0) is 13.8 Å². The molecule has 0 aromatic carbocycles. The summed E-state index contributed by atoms with van der Waals surface area (Å²) in [5, 5.41) is 2.81. The number of nitrogens with two attached hydrogens (primary N) is 1. The van der Waals surface area contributed by atoms with Gasteiger partial charge in [0.1, 0.15) is 17.5 Å². The Hall–Kier alpha value is -2.64. The van der Waals surface area contributed by atoms with Crippen molar-refractivity contribution in [1.29, 1.82) is 0 Å². The molecule has 1 atom stereocenters. The van der Waals surface area contributed by atoms with Crippen molar-refractivity contribution in [2.75, 3.05) is 12.3 Å². The molecule has 4 N–H and O–H groups in total. The van der Waals surface area contributed by atoms with Gasteiger partial charge < -0.3 is 20.6 Å². The molecular weight excluding hydrogens is 284 g/mol. The van der Waals surface area contributed by atoms with Gasteiger partial charge in [0.05, 0.1) is 0 Å². The maximum Gasteiger partial charge on any atom is 0.252 e. The van der Waals surface area contributed by atoms with Crippen molar-refractivity contribution in [3.05, 3.63) is 40.5 Å². The number of nitrogens with zero attached hydrogens (tertiary/aromatic N) is 3. The van der Waals surface area contributed by atoms with Crippen LogP contribution in [0.15, 0.2) is 23.3 Å². The summed E-state index contributed by atoms with van der Waals surface area (Å²) in [7, 11) is 0. The normalized spacial score (nSPS) is 12.1. The number of hydrogen-bond acceptors (Lipinski definition) is 5. The molecule has 22 heavy (non-hydrogen) atoms. The number of carbonyl (C=O) groups is 1. The number of imidazole rings is 1. The van der Waals surface area contributed by atoms with Gasteiger partial charge in [-0.3, -0.25) is 9.59 Å². The Morgan fingerprint density at radius 1 is 1.55 bits per heavy atom. The lowest BCUT2D eigenvalue weighted by molar-refractivity contribution is -0.121. The van der Waals surface area contributed by atoms with E-state index in [1.807, 2.05) is 24.6 Å². The van der Waals surface area contributed by atoms with Crippen LogP contribution in [0, 0.1) is 6.92 Å². The van der Waals surface area contributed by atoms with Crippen molar-refractivity contribution in [2.45, 2.75) is 32.7 Å². The first-order chi connectivity index (χ1) is 10.5. The molecule has 0 saturated heterocycles. The zero-order valence-electron chi connectivity index (χ0n) is 12.7. The summed E-state index contributed by atoms with van der Waals surface area (Å²) >= 11 is 0. The van der Waals surface area contributed by atoms with E-state index >= 15 is 0 Å². The Kier molecular flexibility index (Phi) is 4.92. The summed E-state index contributed by atoms with van der Waals surface area (Å²) in [5.41, 5.74) is 5.20. The van der Waals surface area contributed by atoms with Crippen LogP contribution in [0.1, 0.15) is 31.0 Å². The number of nitrogens with one attached hydrogen (secondary N) is 2. The molecule has 0 aliphatic rings. The quantitative estimate of drug-likeness (QED) is 0.703. The van der Waals surface area contributed by atoms with Crippen LogP contribution in [0.25, 0.3) is 0 Å². The fraction of sp³-hybridized carbons (Fsp3) is 0.429. The Morgan fingerprint density at radius 3 is 2.95 bits per heavy atom. The first kappa shape index (κ1) is 15.7. The second-order valence-electron chi connectivity index (χ2n) is 5.15. The van der Waals surface area contributed by atoms with Crippen LogP contribution in [-0.4, -0.2) is 32.0 Å². The molecule has 8 nitrogen and oxygen atoms in total. The van der Waals surface area contributed by atoms with Gasteiger partial charge in [-0.15, -0.1) is 0 Å². The molecule has 0 saturated carbocycles. The van der Waals surface area contributed by atoms with Gasteiger partial charge in [-0.1, -0.05) is 0 Å². The van der Waals surface area contributed by atoms with Crippen LogP contribution < -0.4 is 16.6 Å². The average Bonchev–Trinajstić information content (AvgIpc) is 2.83. The van der Waals surface area contributed by atoms with Crippen molar-refractivity contribution in [3.8, 4) is 0 Å². The Balaban J connectivity index is 1.80. The molecule has 118 valence electrons. The van der Waals surface area contributed by atoms with Gasteiger partial charge in [0, 0.05) is 43.9 Å². The number of rotatable bonds is 6. The van der Waals surface area contributed by atoms with E-state index in [9.17, 15) is 9.59 Å². The van der Waals surface area contributed by atoms with E-state index in [0.29, 0.717) is 25.2 Å². The molecule has 0 bridgehead atoms. The van der Waals surface area contributed by atoms with Gasteiger partial charge in [0.25, 0.3) is 5.56 Å². The number of amides is 1. The number of H-pyrrole nitrogens is 1. The number of hydrogen-bond donors (Lipinski definition) is 3. The minimum Gasteiger partial charge on any atom is -0.383 e. The van der Waals surface area contributed by atoms with Crippen molar-refractivity contribution in [2.24, 2.45) is 0 Å². The zero-order chi connectivity index (χ0) is 16.1. The standard InChI is InChI=1S/C14H20N6O2/c1-9(20-6-5-16-10(20)2)7-13(21)17-4-3-12-18-11(15)8-14(22)19-12/h5-6,8-9H,3-4,7H2,1-2H3,(H,17,21)(H3,15,18,19,22)/t9-/m0/s1. The number of aromatic amines is 1. The van der Waals surface area contributed by atoms with Gasteiger partial charge in [-0.25, -0.2) is 9.97 Å². The summed E-state index contributed by atoms with van der Waals surface area (Å²) in [4.78, 5) is 33.9. The molecule has 0 radical (unpaired) electrons. The Morgan fingerprint density at radius 2 is 2.32 bits per heavy atom. The number of aromatic nitrogens is 4. The summed E-state index contributed by atoms with van der Waals surface area (Å²) < 4.78 is 1.95. The summed E-state index contributed by atoms with van der Waals surface area (Å²) in [5.74, 6) is 1.45. The van der Waals surface area contributed by atoms with Gasteiger partial charge in [0.2, 0.25) is 5.91 Å². The van der Waals surface area contributed by atoms with Crippen molar-refractivity contribution >= 4 is 11.7 Å². The molecule has 2 aromatic heterocycles. The summed E-state index contributed by atoms with van der Waals surface area (Å²) in [6.07, 6.45) is 4.35. The van der Waals surface area contributed by atoms with Crippen LogP contribution in [-0.2, 0) is 11.2 Å². The monoisotopic (exact) mass is 304 g/mol. The predicted octanol–water partition coefficient (Wildman–Crippen LogP) is 0.167. The molecule has 0 spiro atoms. The summed E-state index contributed by atoms with van der Waals surface area (Å²) in [6, 6.07) is 1.25. The minimum absolute atomic E-state index is 0.0350. The molecule has 1 amide bonds. The summed E-state index contributed by atoms with van der Waals surface area (Å²) in [6.45, 7) is 4.25. The molecule has 8 heteroatoms. The predicted molar refractivity (Wildman–Crippen MR) is 82.3 cm³/mol. The van der Waals surface area contributed by atoms with Crippen molar-refractivity contribution < 1.29 is 4.79 Å². The highest BCUT2D eigenvalue weighted by molar-refractivity contribution is 5.76. The van der Waals surface area contributed by atoms with Gasteiger partial charge in [0.15, 0.2) is 0 Å². The first-order valence-corrected chi connectivity index (χ1v) is 7.07. The van der Waals surface area contributed by atoms with Crippen LogP contribution >= 0.6 is 0 Å².